The van der Waals surface area contributed by atoms with Gasteiger partial charge in [0, 0.05) is 19.6 Å². The van der Waals surface area contributed by atoms with Gasteiger partial charge in [0.1, 0.15) is 11.7 Å². The third kappa shape index (κ3) is 2.22. The van der Waals surface area contributed by atoms with E-state index in [1.165, 1.54) is 0 Å². The topological polar surface area (TPSA) is 85.4 Å². The second kappa shape index (κ2) is 4.67. The van der Waals surface area contributed by atoms with Gasteiger partial charge in [0.2, 0.25) is 0 Å². The van der Waals surface area contributed by atoms with Gasteiger partial charge >= 0.3 is 5.97 Å². The van der Waals surface area contributed by atoms with Gasteiger partial charge in [-0.05, 0) is 17.5 Å². The van der Waals surface area contributed by atoms with Crippen LogP contribution >= 0.6 is 11.3 Å². The molecule has 1 amide bonds. The van der Waals surface area contributed by atoms with Gasteiger partial charge in [-0.15, -0.1) is 11.3 Å². The molecule has 1 aliphatic heterocycles. The largest absolute Gasteiger partial charge is 0.480 e. The lowest BCUT2D eigenvalue weighted by Crippen LogP contribution is -2.55. The first kappa shape index (κ1) is 12.2. The standard InChI is InChI=1S/C12H13N3O3S/c16-11(8-5-10-7(14-8)1-4-19-10)15-3-2-13-9(6-15)12(17)18/h1,4-5,9,13-14H,2-3,6H2,(H,17,18)/t9-/m0/s1. The van der Waals surface area contributed by atoms with Crippen LogP contribution in [-0.2, 0) is 4.79 Å². The average Bonchev–Trinajstić information content (AvgIpc) is 2.98. The maximum absolute atomic E-state index is 12.3. The Hall–Kier alpha value is -1.86. The van der Waals surface area contributed by atoms with Crippen LogP contribution < -0.4 is 5.32 Å². The van der Waals surface area contributed by atoms with Crippen molar-refractivity contribution in [2.45, 2.75) is 6.04 Å². The Morgan fingerprint density at radius 3 is 3.05 bits per heavy atom. The summed E-state index contributed by atoms with van der Waals surface area (Å²) in [7, 11) is 0. The molecule has 0 aliphatic carbocycles. The number of thiophene rings is 1. The summed E-state index contributed by atoms with van der Waals surface area (Å²) in [5.74, 6) is -1.07. The van der Waals surface area contributed by atoms with E-state index in [2.05, 4.69) is 10.3 Å². The highest BCUT2D eigenvalue weighted by Crippen LogP contribution is 2.22. The number of carbonyl (C=O) groups is 2. The molecule has 3 rings (SSSR count). The van der Waals surface area contributed by atoms with Crippen molar-refractivity contribution in [2.75, 3.05) is 19.6 Å². The zero-order chi connectivity index (χ0) is 13.4. The molecule has 0 spiro atoms. The van der Waals surface area contributed by atoms with Crippen LogP contribution in [0.4, 0.5) is 0 Å². The van der Waals surface area contributed by atoms with Gasteiger partial charge in [-0.25, -0.2) is 0 Å². The number of aliphatic carboxylic acids is 1. The summed E-state index contributed by atoms with van der Waals surface area (Å²) in [6.45, 7) is 1.22. The van der Waals surface area contributed by atoms with E-state index in [0.29, 0.717) is 18.8 Å². The van der Waals surface area contributed by atoms with E-state index < -0.39 is 12.0 Å². The zero-order valence-electron chi connectivity index (χ0n) is 10.0. The summed E-state index contributed by atoms with van der Waals surface area (Å²) in [5.41, 5.74) is 1.46. The molecule has 2 aromatic heterocycles. The van der Waals surface area contributed by atoms with Crippen LogP contribution in [0.3, 0.4) is 0 Å². The molecule has 0 radical (unpaired) electrons. The van der Waals surface area contributed by atoms with Gasteiger partial charge in [-0.2, -0.15) is 0 Å². The SMILES string of the molecule is O=C(O)[C@@H]1CN(C(=O)c2cc3sccc3[nH]2)CCN1. The first-order valence-corrected chi connectivity index (χ1v) is 6.85. The van der Waals surface area contributed by atoms with Crippen molar-refractivity contribution in [2.24, 2.45) is 0 Å². The molecule has 1 atom stereocenters. The summed E-state index contributed by atoms with van der Waals surface area (Å²) in [5, 5.41) is 13.8. The van der Waals surface area contributed by atoms with Crippen molar-refractivity contribution >= 4 is 33.4 Å². The Balaban J connectivity index is 1.79. The first-order valence-electron chi connectivity index (χ1n) is 5.97. The Labute approximate surface area is 113 Å². The van der Waals surface area contributed by atoms with Crippen LogP contribution in [0.25, 0.3) is 10.2 Å². The minimum absolute atomic E-state index is 0.142. The van der Waals surface area contributed by atoms with Crippen molar-refractivity contribution in [3.05, 3.63) is 23.2 Å². The number of hydrogen-bond acceptors (Lipinski definition) is 4. The summed E-state index contributed by atoms with van der Waals surface area (Å²) in [4.78, 5) is 27.9. The number of rotatable bonds is 2. The van der Waals surface area contributed by atoms with Gasteiger partial charge < -0.3 is 20.3 Å². The number of nitrogens with one attached hydrogen (secondary N) is 2. The van der Waals surface area contributed by atoms with Gasteiger partial charge in [-0.1, -0.05) is 0 Å². The molecule has 0 aromatic carbocycles. The molecular formula is C12H13N3O3S. The molecule has 1 saturated heterocycles. The van der Waals surface area contributed by atoms with Crippen molar-refractivity contribution in [1.82, 2.24) is 15.2 Å². The highest BCUT2D eigenvalue weighted by atomic mass is 32.1. The minimum Gasteiger partial charge on any atom is -0.480 e. The van der Waals surface area contributed by atoms with Crippen LogP contribution in [0.2, 0.25) is 0 Å². The molecule has 0 saturated carbocycles. The minimum atomic E-state index is -0.926. The summed E-state index contributed by atoms with van der Waals surface area (Å²) in [6, 6.07) is 3.06. The van der Waals surface area contributed by atoms with Crippen molar-refractivity contribution in [3.8, 4) is 0 Å². The third-order valence-electron chi connectivity index (χ3n) is 3.23. The van der Waals surface area contributed by atoms with E-state index in [9.17, 15) is 9.59 Å². The molecule has 7 heteroatoms. The van der Waals surface area contributed by atoms with Gasteiger partial charge in [0.25, 0.3) is 5.91 Å². The summed E-state index contributed by atoms with van der Waals surface area (Å²) in [6.07, 6.45) is 0. The molecule has 100 valence electrons. The van der Waals surface area contributed by atoms with E-state index in [-0.39, 0.29) is 12.5 Å². The predicted molar refractivity (Wildman–Crippen MR) is 71.5 cm³/mol. The second-order valence-electron chi connectivity index (χ2n) is 4.48. The number of amides is 1. The van der Waals surface area contributed by atoms with E-state index in [1.807, 2.05) is 17.5 Å². The molecule has 0 unspecified atom stereocenters. The van der Waals surface area contributed by atoms with Crippen LogP contribution in [0.5, 0.6) is 0 Å². The van der Waals surface area contributed by atoms with E-state index in [4.69, 9.17) is 5.11 Å². The van der Waals surface area contributed by atoms with Gasteiger partial charge in [0.15, 0.2) is 0 Å². The highest BCUT2D eigenvalue weighted by Gasteiger charge is 2.28. The number of carboxylic acid groups (broad SMARTS) is 1. The number of H-pyrrole nitrogens is 1. The molecule has 3 N–H and O–H groups in total. The number of carbonyl (C=O) groups excluding carboxylic acids is 1. The predicted octanol–water partition coefficient (Wildman–Crippen LogP) is 0.728. The smallest absolute Gasteiger partial charge is 0.322 e. The van der Waals surface area contributed by atoms with Crippen LogP contribution in [-0.4, -0.2) is 52.5 Å². The van der Waals surface area contributed by atoms with Crippen molar-refractivity contribution in [3.63, 3.8) is 0 Å². The molecule has 3 heterocycles. The van der Waals surface area contributed by atoms with E-state index in [1.54, 1.807) is 16.2 Å². The Morgan fingerprint density at radius 2 is 2.32 bits per heavy atom. The lowest BCUT2D eigenvalue weighted by molar-refractivity contribution is -0.140. The first-order chi connectivity index (χ1) is 9.15. The molecule has 19 heavy (non-hydrogen) atoms. The number of nitrogens with zero attached hydrogens (tertiary/aromatic N) is 1. The van der Waals surface area contributed by atoms with Crippen LogP contribution in [0, 0.1) is 0 Å². The number of hydrogen-bond donors (Lipinski definition) is 3. The Bertz CT molecular complexity index is 604. The second-order valence-corrected chi connectivity index (χ2v) is 5.43. The molecule has 6 nitrogen and oxygen atoms in total. The lowest BCUT2D eigenvalue weighted by Gasteiger charge is -2.31. The monoisotopic (exact) mass is 279 g/mol. The Morgan fingerprint density at radius 1 is 1.47 bits per heavy atom. The highest BCUT2D eigenvalue weighted by molar-refractivity contribution is 7.17. The zero-order valence-corrected chi connectivity index (χ0v) is 10.9. The number of carboxylic acids is 1. The summed E-state index contributed by atoms with van der Waals surface area (Å²) < 4.78 is 1.04. The molecular weight excluding hydrogens is 266 g/mol. The quantitative estimate of drug-likeness (QED) is 0.756. The fraction of sp³-hybridized carbons (Fsp3) is 0.333. The number of piperazine rings is 1. The average molecular weight is 279 g/mol. The van der Waals surface area contributed by atoms with E-state index in [0.717, 1.165) is 10.2 Å². The third-order valence-corrected chi connectivity index (χ3v) is 4.09. The fourth-order valence-corrected chi connectivity index (χ4v) is 3.02. The number of aromatic amines is 1. The number of fused-ring (bicyclic) bond motifs is 1. The molecule has 0 bridgehead atoms. The van der Waals surface area contributed by atoms with Gasteiger partial charge in [-0.3, -0.25) is 9.59 Å². The Kier molecular flexibility index (Phi) is 3.00. The normalized spacial score (nSPS) is 19.8. The fourth-order valence-electron chi connectivity index (χ4n) is 2.23. The lowest BCUT2D eigenvalue weighted by atomic mass is 10.2. The van der Waals surface area contributed by atoms with Gasteiger partial charge in [0.05, 0.1) is 10.2 Å². The number of aromatic nitrogens is 1. The molecule has 1 aliphatic rings. The maximum Gasteiger partial charge on any atom is 0.322 e. The van der Waals surface area contributed by atoms with E-state index >= 15 is 0 Å². The van der Waals surface area contributed by atoms with Crippen molar-refractivity contribution < 1.29 is 14.7 Å². The maximum atomic E-state index is 12.3. The summed E-state index contributed by atoms with van der Waals surface area (Å²) >= 11 is 1.57. The molecule has 2 aromatic rings. The molecule has 1 fully saturated rings. The van der Waals surface area contributed by atoms with Crippen molar-refractivity contribution in [1.29, 1.82) is 0 Å². The van der Waals surface area contributed by atoms with Crippen LogP contribution in [0.1, 0.15) is 10.5 Å². The van der Waals surface area contributed by atoms with Crippen LogP contribution in [0.15, 0.2) is 17.5 Å².